The summed E-state index contributed by atoms with van der Waals surface area (Å²) in [6.07, 6.45) is 9.97. The number of hydrogen-bond donors (Lipinski definition) is 1. The normalized spacial score (nSPS) is 22.4. The first-order valence-electron chi connectivity index (χ1n) is 7.60. The van der Waals surface area contributed by atoms with Gasteiger partial charge in [-0.15, -0.1) is 0 Å². The first kappa shape index (κ1) is 13.3. The zero-order valence-corrected chi connectivity index (χ0v) is 12.4. The van der Waals surface area contributed by atoms with E-state index in [1.54, 1.807) is 12.4 Å². The van der Waals surface area contributed by atoms with Gasteiger partial charge in [-0.1, -0.05) is 20.3 Å². The molecule has 1 aromatic heterocycles. The number of nitrogens with zero attached hydrogens (tertiary/aromatic N) is 2. The van der Waals surface area contributed by atoms with Crippen LogP contribution in [0.4, 0.5) is 5.69 Å². The number of aromatic nitrogens is 2. The summed E-state index contributed by atoms with van der Waals surface area (Å²) >= 11 is 0. The van der Waals surface area contributed by atoms with Gasteiger partial charge in [-0.3, -0.25) is 9.97 Å². The molecule has 1 heterocycles. The van der Waals surface area contributed by atoms with E-state index in [0.717, 1.165) is 11.0 Å². The highest BCUT2D eigenvalue weighted by atomic mass is 14.9. The number of nitrogens with one attached hydrogen (secondary N) is 1. The molecule has 106 valence electrons. The van der Waals surface area contributed by atoms with Crippen molar-refractivity contribution in [2.75, 3.05) is 5.32 Å². The van der Waals surface area contributed by atoms with Crippen molar-refractivity contribution in [2.45, 2.75) is 52.0 Å². The summed E-state index contributed by atoms with van der Waals surface area (Å²) in [5.74, 6) is 0. The third kappa shape index (κ3) is 3.09. The third-order valence-corrected chi connectivity index (χ3v) is 4.42. The molecule has 1 fully saturated rings. The van der Waals surface area contributed by atoms with Crippen LogP contribution < -0.4 is 5.32 Å². The number of anilines is 1. The molecular weight excluding hydrogens is 246 g/mol. The summed E-state index contributed by atoms with van der Waals surface area (Å²) in [7, 11) is 0. The highest BCUT2D eigenvalue weighted by Gasteiger charge is 2.24. The minimum absolute atomic E-state index is 0.505. The van der Waals surface area contributed by atoms with Crippen LogP contribution in [-0.4, -0.2) is 16.0 Å². The summed E-state index contributed by atoms with van der Waals surface area (Å²) in [5, 5.41) is 3.68. The number of rotatable bonds is 2. The lowest BCUT2D eigenvalue weighted by Gasteiger charge is -2.22. The molecule has 0 saturated heterocycles. The van der Waals surface area contributed by atoms with Gasteiger partial charge in [0.25, 0.3) is 0 Å². The standard InChI is InChI=1S/C17H23N3/c1-17(2)8-3-4-13(7-9-17)20-14-5-6-15-16(12-14)19-11-10-18-15/h5-6,10-13,20H,3-4,7-9H2,1-2H3. The minimum atomic E-state index is 0.505. The van der Waals surface area contributed by atoms with Gasteiger partial charge in [-0.2, -0.15) is 0 Å². The second-order valence-corrected chi connectivity index (χ2v) is 6.70. The maximum Gasteiger partial charge on any atom is 0.0907 e. The minimum Gasteiger partial charge on any atom is -0.382 e. The van der Waals surface area contributed by atoms with E-state index in [-0.39, 0.29) is 0 Å². The molecule has 1 aliphatic rings. The van der Waals surface area contributed by atoms with E-state index in [9.17, 15) is 0 Å². The van der Waals surface area contributed by atoms with Gasteiger partial charge in [0.2, 0.25) is 0 Å². The molecule has 0 bridgehead atoms. The maximum absolute atomic E-state index is 4.37. The van der Waals surface area contributed by atoms with E-state index in [4.69, 9.17) is 0 Å². The number of benzene rings is 1. The molecule has 1 aromatic carbocycles. The Balaban J connectivity index is 1.72. The molecule has 0 aliphatic heterocycles. The van der Waals surface area contributed by atoms with Crippen LogP contribution in [0.5, 0.6) is 0 Å². The Morgan fingerprint density at radius 1 is 1.05 bits per heavy atom. The van der Waals surface area contributed by atoms with Crippen molar-refractivity contribution in [1.82, 2.24) is 9.97 Å². The Morgan fingerprint density at radius 3 is 2.70 bits per heavy atom. The first-order valence-corrected chi connectivity index (χ1v) is 7.60. The molecule has 1 aliphatic carbocycles. The molecule has 3 rings (SSSR count). The molecule has 2 aromatic rings. The summed E-state index contributed by atoms with van der Waals surface area (Å²) in [5.41, 5.74) is 3.60. The highest BCUT2D eigenvalue weighted by molar-refractivity contribution is 5.78. The summed E-state index contributed by atoms with van der Waals surface area (Å²) < 4.78 is 0. The summed E-state index contributed by atoms with van der Waals surface area (Å²) in [4.78, 5) is 8.69. The fourth-order valence-corrected chi connectivity index (χ4v) is 3.09. The Morgan fingerprint density at radius 2 is 1.85 bits per heavy atom. The smallest absolute Gasteiger partial charge is 0.0907 e. The largest absolute Gasteiger partial charge is 0.382 e. The van der Waals surface area contributed by atoms with Gasteiger partial charge in [0.05, 0.1) is 11.0 Å². The van der Waals surface area contributed by atoms with Crippen molar-refractivity contribution >= 4 is 16.7 Å². The fraction of sp³-hybridized carbons (Fsp3) is 0.529. The van der Waals surface area contributed by atoms with Gasteiger partial charge < -0.3 is 5.32 Å². The molecule has 1 atom stereocenters. The van der Waals surface area contributed by atoms with Crippen molar-refractivity contribution in [2.24, 2.45) is 5.41 Å². The van der Waals surface area contributed by atoms with Crippen LogP contribution >= 0.6 is 0 Å². The zero-order chi connectivity index (χ0) is 14.0. The maximum atomic E-state index is 4.37. The van der Waals surface area contributed by atoms with E-state index in [1.165, 1.54) is 37.8 Å². The van der Waals surface area contributed by atoms with E-state index >= 15 is 0 Å². The molecule has 0 spiro atoms. The van der Waals surface area contributed by atoms with Crippen molar-refractivity contribution < 1.29 is 0 Å². The topological polar surface area (TPSA) is 37.8 Å². The predicted molar refractivity (Wildman–Crippen MR) is 83.8 cm³/mol. The molecule has 1 unspecified atom stereocenters. The van der Waals surface area contributed by atoms with Gasteiger partial charge in [0, 0.05) is 24.1 Å². The lowest BCUT2D eigenvalue weighted by molar-refractivity contribution is 0.313. The van der Waals surface area contributed by atoms with Crippen LogP contribution in [0.25, 0.3) is 11.0 Å². The molecule has 1 N–H and O–H groups in total. The monoisotopic (exact) mass is 269 g/mol. The van der Waals surface area contributed by atoms with Crippen molar-refractivity contribution in [3.8, 4) is 0 Å². The average Bonchev–Trinajstić information content (AvgIpc) is 2.60. The quantitative estimate of drug-likeness (QED) is 0.821. The van der Waals surface area contributed by atoms with Gasteiger partial charge in [0.15, 0.2) is 0 Å². The van der Waals surface area contributed by atoms with Crippen LogP contribution in [0.1, 0.15) is 46.0 Å². The third-order valence-electron chi connectivity index (χ3n) is 4.42. The Bertz CT molecular complexity index is 592. The molecule has 0 amide bonds. The van der Waals surface area contributed by atoms with Crippen molar-refractivity contribution in [3.05, 3.63) is 30.6 Å². The average molecular weight is 269 g/mol. The molecule has 1 saturated carbocycles. The summed E-state index contributed by atoms with van der Waals surface area (Å²) in [6, 6.07) is 6.86. The van der Waals surface area contributed by atoms with E-state index in [0.29, 0.717) is 11.5 Å². The van der Waals surface area contributed by atoms with E-state index < -0.39 is 0 Å². The predicted octanol–water partition coefficient (Wildman–Crippen LogP) is 4.40. The van der Waals surface area contributed by atoms with Gasteiger partial charge in [-0.25, -0.2) is 0 Å². The lowest BCUT2D eigenvalue weighted by Crippen LogP contribution is -2.19. The SMILES string of the molecule is CC1(C)CCCC(Nc2ccc3nccnc3c2)CC1. The Labute approximate surface area is 120 Å². The lowest BCUT2D eigenvalue weighted by atomic mass is 9.85. The number of hydrogen-bond acceptors (Lipinski definition) is 3. The van der Waals surface area contributed by atoms with E-state index in [1.807, 2.05) is 6.07 Å². The van der Waals surface area contributed by atoms with Crippen LogP contribution in [0, 0.1) is 5.41 Å². The van der Waals surface area contributed by atoms with Gasteiger partial charge in [0.1, 0.15) is 0 Å². The molecular formula is C17H23N3. The zero-order valence-electron chi connectivity index (χ0n) is 12.4. The Hall–Kier alpha value is -1.64. The van der Waals surface area contributed by atoms with Crippen molar-refractivity contribution in [1.29, 1.82) is 0 Å². The fourth-order valence-electron chi connectivity index (χ4n) is 3.09. The Kier molecular flexibility index (Phi) is 3.60. The number of fused-ring (bicyclic) bond motifs is 1. The molecule has 3 heteroatoms. The van der Waals surface area contributed by atoms with Crippen LogP contribution in [0.15, 0.2) is 30.6 Å². The van der Waals surface area contributed by atoms with Gasteiger partial charge >= 0.3 is 0 Å². The van der Waals surface area contributed by atoms with Crippen LogP contribution in [-0.2, 0) is 0 Å². The highest BCUT2D eigenvalue weighted by Crippen LogP contribution is 2.34. The first-order chi connectivity index (χ1) is 9.62. The van der Waals surface area contributed by atoms with E-state index in [2.05, 4.69) is 41.3 Å². The second-order valence-electron chi connectivity index (χ2n) is 6.70. The molecule has 3 nitrogen and oxygen atoms in total. The molecule has 20 heavy (non-hydrogen) atoms. The van der Waals surface area contributed by atoms with Crippen molar-refractivity contribution in [3.63, 3.8) is 0 Å². The summed E-state index contributed by atoms with van der Waals surface area (Å²) in [6.45, 7) is 4.78. The van der Waals surface area contributed by atoms with Crippen LogP contribution in [0.2, 0.25) is 0 Å². The van der Waals surface area contributed by atoms with Crippen LogP contribution in [0.3, 0.4) is 0 Å². The molecule has 0 radical (unpaired) electrons. The second kappa shape index (κ2) is 5.39. The van der Waals surface area contributed by atoms with Gasteiger partial charge in [-0.05, 0) is 49.3 Å².